The summed E-state index contributed by atoms with van der Waals surface area (Å²) in [6.45, 7) is 4.05. The molecule has 0 saturated carbocycles. The molecular formula is C42H34N6O4. The van der Waals surface area contributed by atoms with Gasteiger partial charge in [-0.2, -0.15) is 0 Å². The van der Waals surface area contributed by atoms with Gasteiger partial charge in [0.2, 0.25) is 0 Å². The van der Waals surface area contributed by atoms with Gasteiger partial charge in [-0.05, 0) is 74.5 Å². The number of nitrogen functional groups attached to an aromatic ring is 4. The molecule has 10 heteroatoms. The second kappa shape index (κ2) is 12.9. The maximum absolute atomic E-state index is 13.5. The van der Waals surface area contributed by atoms with Crippen LogP contribution in [0.15, 0.2) is 109 Å². The minimum Gasteiger partial charge on any atom is -0.398 e. The molecule has 0 radical (unpaired) electrons. The lowest BCUT2D eigenvalue weighted by Crippen LogP contribution is -2.26. The fraction of sp³-hybridized carbons (Fsp3) is 0.0476. The highest BCUT2D eigenvalue weighted by atomic mass is 16.1. The van der Waals surface area contributed by atoms with E-state index in [1.165, 1.54) is 24.3 Å². The molecule has 0 aliphatic heterocycles. The summed E-state index contributed by atoms with van der Waals surface area (Å²) in [5.74, 6) is -1.16. The number of benzene rings is 6. The van der Waals surface area contributed by atoms with Crippen LogP contribution in [0.25, 0.3) is 0 Å². The molecule has 0 bridgehead atoms. The van der Waals surface area contributed by atoms with Gasteiger partial charge in [0.15, 0.2) is 23.1 Å². The number of hydrogen-bond acceptors (Lipinski definition) is 10. The molecule has 256 valence electrons. The minimum atomic E-state index is -0.427. The number of fused-ring (bicyclic) bond motifs is 4. The molecule has 0 aromatic heterocycles. The summed E-state index contributed by atoms with van der Waals surface area (Å²) in [6, 6.07) is 32.6. The highest BCUT2D eigenvalue weighted by Crippen LogP contribution is 2.40. The average Bonchev–Trinajstić information content (AvgIpc) is 3.14. The molecular weight excluding hydrogens is 653 g/mol. The second-order valence-corrected chi connectivity index (χ2v) is 12.7. The van der Waals surface area contributed by atoms with Gasteiger partial charge < -0.3 is 33.6 Å². The van der Waals surface area contributed by atoms with Crippen molar-refractivity contribution in [3.05, 3.63) is 165 Å². The van der Waals surface area contributed by atoms with Crippen molar-refractivity contribution < 1.29 is 19.2 Å². The molecule has 0 amide bonds. The van der Waals surface area contributed by atoms with E-state index in [-0.39, 0.29) is 56.6 Å². The third-order valence-corrected chi connectivity index (χ3v) is 9.18. The number of aryl methyl sites for hydroxylation is 2. The second-order valence-electron chi connectivity index (χ2n) is 12.7. The molecule has 10 nitrogen and oxygen atoms in total. The first-order valence-corrected chi connectivity index (χ1v) is 16.4. The number of hydrogen-bond donors (Lipinski definition) is 6. The molecule has 10 N–H and O–H groups in total. The van der Waals surface area contributed by atoms with Crippen LogP contribution in [0, 0.1) is 13.8 Å². The van der Waals surface area contributed by atoms with Gasteiger partial charge in [-0.25, -0.2) is 0 Å². The largest absolute Gasteiger partial charge is 0.398 e. The van der Waals surface area contributed by atoms with Gasteiger partial charge in [0, 0.05) is 45.3 Å². The lowest BCUT2D eigenvalue weighted by atomic mass is 9.81. The lowest BCUT2D eigenvalue weighted by molar-refractivity contribution is 0.0980. The Hall–Kier alpha value is -7.20. The van der Waals surface area contributed by atoms with Crippen LogP contribution in [-0.2, 0) is 0 Å². The molecule has 8 rings (SSSR count). The van der Waals surface area contributed by atoms with Gasteiger partial charge in [-0.3, -0.25) is 19.2 Å². The molecule has 2 aliphatic carbocycles. The van der Waals surface area contributed by atoms with Crippen molar-refractivity contribution in [3.8, 4) is 0 Å². The van der Waals surface area contributed by atoms with E-state index in [0.29, 0.717) is 33.6 Å². The van der Waals surface area contributed by atoms with Crippen LogP contribution in [0.5, 0.6) is 0 Å². The Labute approximate surface area is 299 Å². The third kappa shape index (κ3) is 5.67. The number of carbonyl (C=O) groups is 4. The molecule has 2 aliphatic rings. The first-order valence-electron chi connectivity index (χ1n) is 16.4. The molecule has 0 heterocycles. The average molecular weight is 687 g/mol. The van der Waals surface area contributed by atoms with Crippen molar-refractivity contribution in [1.82, 2.24) is 0 Å². The molecule has 0 unspecified atom stereocenters. The van der Waals surface area contributed by atoms with Crippen LogP contribution in [0.3, 0.4) is 0 Å². The zero-order chi connectivity index (χ0) is 36.8. The van der Waals surface area contributed by atoms with Crippen LogP contribution in [0.2, 0.25) is 0 Å². The summed E-state index contributed by atoms with van der Waals surface area (Å²) in [4.78, 5) is 52.2. The van der Waals surface area contributed by atoms with Crippen molar-refractivity contribution >= 4 is 68.6 Å². The van der Waals surface area contributed by atoms with Crippen LogP contribution in [0.4, 0.5) is 45.5 Å². The molecule has 0 saturated heterocycles. The van der Waals surface area contributed by atoms with Crippen molar-refractivity contribution in [2.75, 3.05) is 33.6 Å². The van der Waals surface area contributed by atoms with Crippen molar-refractivity contribution in [2.45, 2.75) is 13.8 Å². The molecule has 52 heavy (non-hydrogen) atoms. The zero-order valence-corrected chi connectivity index (χ0v) is 28.3. The van der Waals surface area contributed by atoms with Gasteiger partial charge >= 0.3 is 0 Å². The van der Waals surface area contributed by atoms with Gasteiger partial charge in [0.05, 0.1) is 44.8 Å². The minimum absolute atomic E-state index is 0.0970. The Morgan fingerprint density at radius 2 is 0.673 bits per heavy atom. The fourth-order valence-electron chi connectivity index (χ4n) is 6.51. The quantitative estimate of drug-likeness (QED) is 0.102. The number of carbonyl (C=O) groups excluding carboxylic acids is 4. The molecule has 0 fully saturated rings. The molecule has 0 atom stereocenters. The Morgan fingerprint density at radius 1 is 0.365 bits per heavy atom. The molecule has 0 spiro atoms. The summed E-state index contributed by atoms with van der Waals surface area (Å²) in [5.41, 5.74) is 31.3. The Bertz CT molecular complexity index is 2250. The topological polar surface area (TPSA) is 196 Å². The van der Waals surface area contributed by atoms with Crippen LogP contribution in [-0.4, -0.2) is 23.1 Å². The van der Waals surface area contributed by atoms with E-state index in [2.05, 4.69) is 10.6 Å². The van der Waals surface area contributed by atoms with Crippen LogP contribution >= 0.6 is 0 Å². The van der Waals surface area contributed by atoms with Crippen molar-refractivity contribution in [2.24, 2.45) is 0 Å². The van der Waals surface area contributed by atoms with E-state index in [4.69, 9.17) is 22.9 Å². The van der Waals surface area contributed by atoms with Crippen molar-refractivity contribution in [3.63, 3.8) is 0 Å². The van der Waals surface area contributed by atoms with Gasteiger partial charge in [-0.1, -0.05) is 59.7 Å². The molecule has 6 aromatic rings. The zero-order valence-electron chi connectivity index (χ0n) is 28.3. The standard InChI is InChI=1S/C28H22N2O2.C14H12N4O2/c1-17-7-11-19(12-8-17)29-23-15-16-24(30-20-13-9-18(2)10-14-20)26-25(23)27(31)21-5-3-4-6-22(21)28(26)32;15-5-1-2-6(16)10-9(5)13(19)11-7(17)3-4-8(18)12(11)14(10)20/h3-16,29-30H,1-2H3;1-4H,15-18H2. The summed E-state index contributed by atoms with van der Waals surface area (Å²) in [5, 5.41) is 6.68. The van der Waals surface area contributed by atoms with Crippen molar-refractivity contribution in [1.29, 1.82) is 0 Å². The summed E-state index contributed by atoms with van der Waals surface area (Å²) in [6.07, 6.45) is 0. The molecule has 6 aromatic carbocycles. The Morgan fingerprint density at radius 3 is 0.981 bits per heavy atom. The first-order chi connectivity index (χ1) is 24.9. The Kier molecular flexibility index (Phi) is 8.28. The number of nitrogens with two attached hydrogens (primary N) is 4. The fourth-order valence-corrected chi connectivity index (χ4v) is 6.51. The summed E-state index contributed by atoms with van der Waals surface area (Å²) < 4.78 is 0. The van der Waals surface area contributed by atoms with Crippen LogP contribution < -0.4 is 33.6 Å². The summed E-state index contributed by atoms with van der Waals surface area (Å²) >= 11 is 0. The van der Waals surface area contributed by atoms with E-state index in [1.54, 1.807) is 24.3 Å². The summed E-state index contributed by atoms with van der Waals surface area (Å²) in [7, 11) is 0. The monoisotopic (exact) mass is 686 g/mol. The smallest absolute Gasteiger partial charge is 0.198 e. The maximum atomic E-state index is 13.5. The van der Waals surface area contributed by atoms with Gasteiger partial charge in [-0.15, -0.1) is 0 Å². The normalized spacial score (nSPS) is 12.5. The third-order valence-electron chi connectivity index (χ3n) is 9.18. The number of nitrogens with one attached hydrogen (secondary N) is 2. The number of anilines is 8. The van der Waals surface area contributed by atoms with E-state index in [0.717, 1.165) is 22.5 Å². The Balaban J connectivity index is 0.000000180. The van der Waals surface area contributed by atoms with Crippen LogP contribution in [0.1, 0.15) is 74.8 Å². The highest BCUT2D eigenvalue weighted by molar-refractivity contribution is 6.35. The maximum Gasteiger partial charge on any atom is 0.198 e. The predicted molar refractivity (Wildman–Crippen MR) is 206 cm³/mol. The first kappa shape index (κ1) is 33.3. The van der Waals surface area contributed by atoms with Gasteiger partial charge in [0.25, 0.3) is 0 Å². The number of rotatable bonds is 4. The van der Waals surface area contributed by atoms with E-state index in [1.807, 2.05) is 74.5 Å². The highest BCUT2D eigenvalue weighted by Gasteiger charge is 2.36. The SMILES string of the molecule is Cc1ccc(Nc2ccc(Nc3ccc(C)cc3)c3c2C(=O)c2ccccc2C3=O)cc1.Nc1ccc(N)c2c1C(=O)c1c(N)ccc(N)c1C2=O. The van der Waals surface area contributed by atoms with E-state index >= 15 is 0 Å². The van der Waals surface area contributed by atoms with E-state index in [9.17, 15) is 19.2 Å². The lowest BCUT2D eigenvalue weighted by Gasteiger charge is -2.24. The van der Waals surface area contributed by atoms with Gasteiger partial charge in [0.1, 0.15) is 0 Å². The predicted octanol–water partition coefficient (Wildman–Crippen LogP) is 7.36. The van der Waals surface area contributed by atoms with E-state index < -0.39 is 11.6 Å². The number of ketones is 4.